The number of unbranched alkanes of at least 4 members (excludes halogenated alkanes) is 2. The number of hydrogen-bond donors (Lipinski definition) is 3. The number of piperidine rings is 1. The molecule has 13 heteroatoms. The lowest BCUT2D eigenvalue weighted by Gasteiger charge is -2.27. The summed E-state index contributed by atoms with van der Waals surface area (Å²) >= 11 is 0. The molecule has 1 unspecified atom stereocenters. The van der Waals surface area contributed by atoms with E-state index in [-0.39, 0.29) is 55.0 Å². The topological polar surface area (TPSA) is 178 Å². The Morgan fingerprint density at radius 2 is 1.59 bits per heavy atom. The number of carbonyl (C=O) groups is 6. The van der Waals surface area contributed by atoms with Crippen LogP contribution in [0.1, 0.15) is 65.7 Å². The molecule has 3 N–H and O–H groups in total. The zero-order chi connectivity index (χ0) is 28.2. The van der Waals surface area contributed by atoms with Gasteiger partial charge in [-0.1, -0.05) is 12.5 Å². The molecule has 2 aliphatic heterocycles. The summed E-state index contributed by atoms with van der Waals surface area (Å²) in [5, 5.41) is 13.4. The van der Waals surface area contributed by atoms with Crippen LogP contribution in [0.15, 0.2) is 18.2 Å². The third-order valence-electron chi connectivity index (χ3n) is 6.14. The maximum Gasteiger partial charge on any atom is 0.305 e. The number of anilines is 1. The van der Waals surface area contributed by atoms with E-state index in [0.29, 0.717) is 39.5 Å². The van der Waals surface area contributed by atoms with Crippen LogP contribution in [0.5, 0.6) is 0 Å². The average molecular weight is 548 g/mol. The van der Waals surface area contributed by atoms with Gasteiger partial charge in [0.25, 0.3) is 11.8 Å². The molecule has 39 heavy (non-hydrogen) atoms. The number of nitrogens with zero attached hydrogens (tertiary/aromatic N) is 1. The van der Waals surface area contributed by atoms with Crippen LogP contribution in [-0.2, 0) is 33.4 Å². The molecule has 0 aliphatic carbocycles. The minimum Gasteiger partial charge on any atom is -0.481 e. The van der Waals surface area contributed by atoms with E-state index < -0.39 is 35.6 Å². The van der Waals surface area contributed by atoms with E-state index in [4.69, 9.17) is 19.3 Å². The molecule has 1 saturated heterocycles. The molecule has 13 nitrogen and oxygen atoms in total. The lowest BCUT2D eigenvalue weighted by Crippen LogP contribution is -2.54. The molecular formula is C26H33N3O10. The number of carbonyl (C=O) groups excluding carboxylic acids is 5. The van der Waals surface area contributed by atoms with E-state index in [1.165, 1.54) is 12.1 Å². The highest BCUT2D eigenvalue weighted by Crippen LogP contribution is 2.32. The molecule has 1 fully saturated rings. The third kappa shape index (κ3) is 8.67. The van der Waals surface area contributed by atoms with E-state index in [2.05, 4.69) is 10.6 Å². The van der Waals surface area contributed by atoms with Gasteiger partial charge in [0.05, 0.1) is 56.3 Å². The lowest BCUT2D eigenvalue weighted by atomic mass is 10.0. The van der Waals surface area contributed by atoms with Crippen LogP contribution in [-0.4, -0.2) is 91.2 Å². The molecule has 0 aromatic heterocycles. The summed E-state index contributed by atoms with van der Waals surface area (Å²) in [6.07, 6.45) is 2.36. The number of amides is 5. The molecule has 0 radical (unpaired) electrons. The smallest absolute Gasteiger partial charge is 0.305 e. The van der Waals surface area contributed by atoms with Crippen molar-refractivity contribution in [2.75, 3.05) is 45.0 Å². The number of fused-ring (bicyclic) bond motifs is 1. The molecule has 0 saturated carbocycles. The van der Waals surface area contributed by atoms with Crippen LogP contribution < -0.4 is 10.6 Å². The highest BCUT2D eigenvalue weighted by molar-refractivity contribution is 6.26. The molecule has 2 aliphatic rings. The number of carboxylic acid groups (broad SMARTS) is 1. The zero-order valence-corrected chi connectivity index (χ0v) is 21.6. The van der Waals surface area contributed by atoms with Gasteiger partial charge < -0.3 is 24.6 Å². The van der Waals surface area contributed by atoms with Crippen molar-refractivity contribution in [1.82, 2.24) is 10.2 Å². The number of rotatable bonds is 17. The summed E-state index contributed by atoms with van der Waals surface area (Å²) in [6, 6.07) is 3.49. The molecule has 1 aromatic carbocycles. The van der Waals surface area contributed by atoms with Crippen molar-refractivity contribution in [1.29, 1.82) is 0 Å². The molecule has 1 atom stereocenters. The average Bonchev–Trinajstić information content (AvgIpc) is 3.14. The Labute approximate surface area is 225 Å². The SMILES string of the molecule is O=C(O)CCOCCOCCOCCCCCC(=O)Nc1cccc2c1C(=O)N(C1CCC(=O)NC1=O)C2=O. The van der Waals surface area contributed by atoms with Gasteiger partial charge in [-0.15, -0.1) is 0 Å². The second kappa shape index (κ2) is 15.0. The van der Waals surface area contributed by atoms with Gasteiger partial charge in [-0.05, 0) is 31.4 Å². The second-order valence-corrected chi connectivity index (χ2v) is 9.02. The van der Waals surface area contributed by atoms with Crippen molar-refractivity contribution in [2.45, 2.75) is 51.0 Å². The molecular weight excluding hydrogens is 514 g/mol. The number of ether oxygens (including phenoxy) is 3. The van der Waals surface area contributed by atoms with Crippen LogP contribution in [0.2, 0.25) is 0 Å². The van der Waals surface area contributed by atoms with E-state index in [9.17, 15) is 28.8 Å². The normalized spacial score (nSPS) is 16.8. The van der Waals surface area contributed by atoms with Crippen molar-refractivity contribution in [3.05, 3.63) is 29.3 Å². The fraction of sp³-hybridized carbons (Fsp3) is 0.538. The second-order valence-electron chi connectivity index (χ2n) is 9.02. The van der Waals surface area contributed by atoms with Gasteiger partial charge in [0.1, 0.15) is 6.04 Å². The van der Waals surface area contributed by atoms with Crippen molar-refractivity contribution in [2.24, 2.45) is 0 Å². The first-order valence-electron chi connectivity index (χ1n) is 12.9. The van der Waals surface area contributed by atoms with E-state index in [1.54, 1.807) is 6.07 Å². The summed E-state index contributed by atoms with van der Waals surface area (Å²) in [6.45, 7) is 2.16. The van der Waals surface area contributed by atoms with Crippen LogP contribution in [0.3, 0.4) is 0 Å². The summed E-state index contributed by atoms with van der Waals surface area (Å²) in [7, 11) is 0. The number of nitrogens with one attached hydrogen (secondary N) is 2. The Morgan fingerprint density at radius 3 is 2.28 bits per heavy atom. The predicted molar refractivity (Wildman–Crippen MR) is 135 cm³/mol. The summed E-state index contributed by atoms with van der Waals surface area (Å²) in [5.74, 6) is -3.65. The standard InChI is InChI=1S/C26H33N3O10/c30-20(7-2-1-3-11-37-13-15-39-16-14-38-12-10-22(32)33)27-18-6-4-5-17-23(18)26(36)29(25(17)35)19-8-9-21(31)28-24(19)34/h4-6,19H,1-3,7-16H2,(H,27,30)(H,32,33)(H,28,31,34). The molecule has 2 heterocycles. The van der Waals surface area contributed by atoms with Crippen LogP contribution in [0, 0.1) is 0 Å². The van der Waals surface area contributed by atoms with E-state index in [1.807, 2.05) is 0 Å². The minimum atomic E-state index is -1.07. The first kappa shape index (κ1) is 29.9. The van der Waals surface area contributed by atoms with Gasteiger partial charge in [-0.25, -0.2) is 0 Å². The Bertz CT molecular complexity index is 1090. The Hall–Kier alpha value is -3.68. The van der Waals surface area contributed by atoms with Crippen molar-refractivity contribution in [3.8, 4) is 0 Å². The van der Waals surface area contributed by atoms with E-state index in [0.717, 1.165) is 17.7 Å². The maximum absolute atomic E-state index is 13.1. The molecule has 3 rings (SSSR count). The molecule has 212 valence electrons. The largest absolute Gasteiger partial charge is 0.481 e. The summed E-state index contributed by atoms with van der Waals surface area (Å²) in [5.41, 5.74) is 0.360. The van der Waals surface area contributed by atoms with Crippen LogP contribution in [0.25, 0.3) is 0 Å². The number of imide groups is 2. The van der Waals surface area contributed by atoms with Crippen molar-refractivity contribution in [3.63, 3.8) is 0 Å². The summed E-state index contributed by atoms with van der Waals surface area (Å²) < 4.78 is 15.9. The first-order chi connectivity index (χ1) is 18.8. The summed E-state index contributed by atoms with van der Waals surface area (Å²) in [4.78, 5) is 73.4. The number of carboxylic acids is 1. The van der Waals surface area contributed by atoms with Gasteiger partial charge in [0, 0.05) is 19.4 Å². The Kier molecular flexibility index (Phi) is 11.5. The Morgan fingerprint density at radius 1 is 0.897 bits per heavy atom. The molecule has 5 amide bonds. The Balaban J connectivity index is 1.32. The fourth-order valence-corrected chi connectivity index (χ4v) is 4.20. The third-order valence-corrected chi connectivity index (χ3v) is 6.14. The lowest BCUT2D eigenvalue weighted by molar-refractivity contribution is -0.138. The quantitative estimate of drug-likeness (QED) is 0.189. The predicted octanol–water partition coefficient (Wildman–Crippen LogP) is 1.11. The van der Waals surface area contributed by atoms with Crippen molar-refractivity contribution < 1.29 is 48.1 Å². The van der Waals surface area contributed by atoms with Gasteiger partial charge in [-0.3, -0.25) is 39.0 Å². The van der Waals surface area contributed by atoms with Crippen molar-refractivity contribution >= 4 is 41.2 Å². The number of hydrogen-bond acceptors (Lipinski definition) is 9. The first-order valence-corrected chi connectivity index (χ1v) is 12.9. The molecule has 1 aromatic rings. The van der Waals surface area contributed by atoms with Gasteiger partial charge in [0.15, 0.2) is 0 Å². The minimum absolute atomic E-state index is 0.0270. The highest BCUT2D eigenvalue weighted by atomic mass is 16.5. The molecule has 0 bridgehead atoms. The van der Waals surface area contributed by atoms with Crippen LogP contribution in [0.4, 0.5) is 5.69 Å². The van der Waals surface area contributed by atoms with Gasteiger partial charge in [0.2, 0.25) is 17.7 Å². The zero-order valence-electron chi connectivity index (χ0n) is 21.6. The monoisotopic (exact) mass is 547 g/mol. The number of benzene rings is 1. The number of aliphatic carboxylic acids is 1. The highest BCUT2D eigenvalue weighted by Gasteiger charge is 2.45. The fourth-order valence-electron chi connectivity index (χ4n) is 4.20. The van der Waals surface area contributed by atoms with Gasteiger partial charge in [-0.2, -0.15) is 0 Å². The maximum atomic E-state index is 13.1. The van der Waals surface area contributed by atoms with Gasteiger partial charge >= 0.3 is 5.97 Å². The van der Waals surface area contributed by atoms with Crippen LogP contribution >= 0.6 is 0 Å². The van der Waals surface area contributed by atoms with E-state index >= 15 is 0 Å². The molecule has 0 spiro atoms.